The third-order valence-corrected chi connectivity index (χ3v) is 4.74. The normalized spacial score (nSPS) is 13.9. The maximum Gasteiger partial charge on any atom is 0.262 e. The smallest absolute Gasteiger partial charge is 0.262 e. The minimum atomic E-state index is -0.297. The average Bonchev–Trinajstić information content (AvgIpc) is 3.48. The van der Waals surface area contributed by atoms with Crippen molar-refractivity contribution in [1.82, 2.24) is 9.88 Å². The quantitative estimate of drug-likeness (QED) is 0.506. The number of aromatic nitrogens is 1. The van der Waals surface area contributed by atoms with Gasteiger partial charge in [-0.15, -0.1) is 0 Å². The van der Waals surface area contributed by atoms with E-state index in [1.54, 1.807) is 6.08 Å². The van der Waals surface area contributed by atoms with Gasteiger partial charge in [0.25, 0.3) is 5.91 Å². The highest BCUT2D eigenvalue weighted by Crippen LogP contribution is 2.24. The first-order valence-electron chi connectivity index (χ1n) is 9.43. The summed E-state index contributed by atoms with van der Waals surface area (Å²) < 4.78 is 7.90. The van der Waals surface area contributed by atoms with E-state index in [2.05, 4.69) is 9.88 Å². The number of para-hydroxylation sites is 2. The number of nitrogens with zero attached hydrogens (tertiary/aromatic N) is 2. The lowest BCUT2D eigenvalue weighted by molar-refractivity contribution is -0.117. The van der Waals surface area contributed by atoms with Gasteiger partial charge >= 0.3 is 0 Å². The Morgan fingerprint density at radius 3 is 2.68 bits per heavy atom. The van der Waals surface area contributed by atoms with Crippen molar-refractivity contribution in [3.05, 3.63) is 71.9 Å². The molecule has 3 aromatic rings. The standard InChI is InChI=1S/C23H21N3O2/c24-15-17(23(27)25-19-10-11-19)14-18-16-26(22-9-5-4-8-21(18)22)12-13-28-20-6-2-1-3-7-20/h1-9,14,16,19H,10-13H2,(H,25,27)/b17-14+. The SMILES string of the molecule is N#C/C(=C\c1cn(CCOc2ccccc2)c2ccccc12)C(=O)NC1CC1. The third-order valence-electron chi connectivity index (χ3n) is 4.74. The summed E-state index contributed by atoms with van der Waals surface area (Å²) in [4.78, 5) is 12.3. The van der Waals surface area contributed by atoms with E-state index in [0.29, 0.717) is 13.2 Å². The van der Waals surface area contributed by atoms with E-state index in [4.69, 9.17) is 4.74 Å². The van der Waals surface area contributed by atoms with E-state index < -0.39 is 0 Å². The van der Waals surface area contributed by atoms with Gasteiger partial charge in [-0.25, -0.2) is 0 Å². The number of hydrogen-bond donors (Lipinski definition) is 1. The number of rotatable bonds is 7. The van der Waals surface area contributed by atoms with Gasteiger partial charge in [-0.05, 0) is 37.1 Å². The highest BCUT2D eigenvalue weighted by atomic mass is 16.5. The lowest BCUT2D eigenvalue weighted by atomic mass is 10.1. The van der Waals surface area contributed by atoms with Crippen LogP contribution in [-0.2, 0) is 11.3 Å². The Bertz CT molecular complexity index is 1060. The lowest BCUT2D eigenvalue weighted by Crippen LogP contribution is -2.26. The van der Waals surface area contributed by atoms with E-state index in [9.17, 15) is 10.1 Å². The molecular weight excluding hydrogens is 350 g/mol. The Hall–Kier alpha value is -3.52. The zero-order valence-electron chi connectivity index (χ0n) is 15.5. The van der Waals surface area contributed by atoms with E-state index in [1.807, 2.05) is 66.9 Å². The van der Waals surface area contributed by atoms with Crippen LogP contribution in [0.2, 0.25) is 0 Å². The number of fused-ring (bicyclic) bond motifs is 1. The number of nitriles is 1. The van der Waals surface area contributed by atoms with Crippen molar-refractivity contribution in [1.29, 1.82) is 5.26 Å². The van der Waals surface area contributed by atoms with Crippen molar-refractivity contribution in [2.24, 2.45) is 0 Å². The molecule has 1 N–H and O–H groups in total. The van der Waals surface area contributed by atoms with Crippen LogP contribution in [0.5, 0.6) is 5.75 Å². The van der Waals surface area contributed by atoms with Crippen molar-refractivity contribution < 1.29 is 9.53 Å². The number of ether oxygens (including phenoxy) is 1. The Morgan fingerprint density at radius 1 is 1.18 bits per heavy atom. The van der Waals surface area contributed by atoms with Crippen LogP contribution in [0.1, 0.15) is 18.4 Å². The minimum absolute atomic E-state index is 0.135. The molecule has 0 spiro atoms. The molecule has 4 rings (SSSR count). The molecule has 1 saturated carbocycles. The van der Waals surface area contributed by atoms with Crippen molar-refractivity contribution in [3.8, 4) is 11.8 Å². The number of amides is 1. The molecule has 5 heteroatoms. The Balaban J connectivity index is 1.56. The monoisotopic (exact) mass is 371 g/mol. The first-order valence-corrected chi connectivity index (χ1v) is 9.43. The van der Waals surface area contributed by atoms with Gasteiger partial charge in [0.05, 0.1) is 6.54 Å². The van der Waals surface area contributed by atoms with E-state index in [1.165, 1.54) is 0 Å². The predicted molar refractivity (Wildman–Crippen MR) is 109 cm³/mol. The molecule has 1 heterocycles. The van der Waals surface area contributed by atoms with E-state index in [0.717, 1.165) is 35.1 Å². The molecule has 28 heavy (non-hydrogen) atoms. The molecule has 140 valence electrons. The zero-order chi connectivity index (χ0) is 19.3. The largest absolute Gasteiger partial charge is 0.492 e. The summed E-state index contributed by atoms with van der Waals surface area (Å²) in [6.07, 6.45) is 5.63. The Kier molecular flexibility index (Phi) is 5.11. The Labute approximate surface area is 163 Å². The van der Waals surface area contributed by atoms with Gasteiger partial charge in [0, 0.05) is 28.7 Å². The van der Waals surface area contributed by atoms with Crippen LogP contribution >= 0.6 is 0 Å². The summed E-state index contributed by atoms with van der Waals surface area (Å²) in [7, 11) is 0. The summed E-state index contributed by atoms with van der Waals surface area (Å²) >= 11 is 0. The number of benzene rings is 2. The molecule has 5 nitrogen and oxygen atoms in total. The van der Waals surface area contributed by atoms with Crippen LogP contribution in [0, 0.1) is 11.3 Å². The third kappa shape index (κ3) is 4.07. The molecule has 0 atom stereocenters. The second-order valence-corrected chi connectivity index (χ2v) is 6.87. The van der Waals surface area contributed by atoms with Crippen LogP contribution in [0.3, 0.4) is 0 Å². The molecule has 1 aliphatic rings. The first kappa shape index (κ1) is 17.9. The molecule has 2 aromatic carbocycles. The van der Waals surface area contributed by atoms with E-state index >= 15 is 0 Å². The molecule has 1 fully saturated rings. The molecule has 1 aromatic heterocycles. The number of nitrogens with one attached hydrogen (secondary N) is 1. The van der Waals surface area contributed by atoms with Crippen molar-refractivity contribution in [2.45, 2.75) is 25.4 Å². The molecule has 0 saturated heterocycles. The van der Waals surface area contributed by atoms with Crippen LogP contribution in [-0.4, -0.2) is 23.1 Å². The summed E-state index contributed by atoms with van der Waals surface area (Å²) in [5.74, 6) is 0.539. The van der Waals surface area contributed by atoms with Gasteiger partial charge in [0.2, 0.25) is 0 Å². The highest BCUT2D eigenvalue weighted by Gasteiger charge is 2.24. The van der Waals surface area contributed by atoms with Crippen molar-refractivity contribution >= 4 is 22.9 Å². The predicted octanol–water partition coefficient (Wildman–Crippen LogP) is 3.91. The van der Waals surface area contributed by atoms with Gasteiger partial charge < -0.3 is 14.6 Å². The summed E-state index contributed by atoms with van der Waals surface area (Å²) in [5.41, 5.74) is 2.04. The molecular formula is C23H21N3O2. The maximum atomic E-state index is 12.3. The van der Waals surface area contributed by atoms with Gasteiger partial charge in [-0.1, -0.05) is 36.4 Å². The molecule has 0 aliphatic heterocycles. The fraction of sp³-hybridized carbons (Fsp3) is 0.217. The summed E-state index contributed by atoms with van der Waals surface area (Å²) in [6, 6.07) is 19.9. The molecule has 0 bridgehead atoms. The molecule has 0 radical (unpaired) electrons. The first-order chi connectivity index (χ1) is 13.7. The second kappa shape index (κ2) is 8.01. The van der Waals surface area contributed by atoms with E-state index in [-0.39, 0.29) is 17.5 Å². The number of hydrogen-bond acceptors (Lipinski definition) is 3. The van der Waals surface area contributed by atoms with Gasteiger partial charge in [0.1, 0.15) is 24.0 Å². The Morgan fingerprint density at radius 2 is 1.93 bits per heavy atom. The minimum Gasteiger partial charge on any atom is -0.492 e. The fourth-order valence-electron chi connectivity index (χ4n) is 3.15. The van der Waals surface area contributed by atoms with Crippen molar-refractivity contribution in [3.63, 3.8) is 0 Å². The van der Waals surface area contributed by atoms with Crippen LogP contribution in [0.25, 0.3) is 17.0 Å². The highest BCUT2D eigenvalue weighted by molar-refractivity contribution is 6.04. The van der Waals surface area contributed by atoms with Gasteiger partial charge in [0.15, 0.2) is 0 Å². The van der Waals surface area contributed by atoms with Crippen molar-refractivity contribution in [2.75, 3.05) is 6.61 Å². The molecule has 1 aliphatic carbocycles. The topological polar surface area (TPSA) is 67.0 Å². The zero-order valence-corrected chi connectivity index (χ0v) is 15.5. The maximum absolute atomic E-state index is 12.3. The second-order valence-electron chi connectivity index (χ2n) is 6.87. The van der Waals surface area contributed by atoms with Crippen LogP contribution in [0.15, 0.2) is 66.4 Å². The summed E-state index contributed by atoms with van der Waals surface area (Å²) in [5, 5.41) is 13.3. The lowest BCUT2D eigenvalue weighted by Gasteiger charge is -2.08. The molecule has 1 amide bonds. The average molecular weight is 371 g/mol. The van der Waals surface area contributed by atoms with Gasteiger partial charge in [-0.2, -0.15) is 5.26 Å². The summed E-state index contributed by atoms with van der Waals surface area (Å²) in [6.45, 7) is 1.19. The molecule has 0 unspecified atom stereocenters. The van der Waals surface area contributed by atoms with Gasteiger partial charge in [-0.3, -0.25) is 4.79 Å². The number of carbonyl (C=O) groups is 1. The van der Waals surface area contributed by atoms with Crippen LogP contribution in [0.4, 0.5) is 0 Å². The van der Waals surface area contributed by atoms with Crippen LogP contribution < -0.4 is 10.1 Å². The fourth-order valence-corrected chi connectivity index (χ4v) is 3.15. The number of carbonyl (C=O) groups excluding carboxylic acids is 1.